The predicted octanol–water partition coefficient (Wildman–Crippen LogP) is 1.78. The molecule has 0 aliphatic carbocycles. The number of rotatable bonds is 2. The van der Waals surface area contributed by atoms with E-state index < -0.39 is 11.6 Å². The average Bonchev–Trinajstić information content (AvgIpc) is 2.58. The molecule has 0 saturated carbocycles. The van der Waals surface area contributed by atoms with Crippen LogP contribution >= 0.6 is 0 Å². The molecular formula is C13H12O4. The van der Waals surface area contributed by atoms with Crippen LogP contribution in [-0.2, 0) is 19.9 Å². The molecule has 4 heteroatoms. The summed E-state index contributed by atoms with van der Waals surface area (Å²) in [6.45, 7) is 3.51. The van der Waals surface area contributed by atoms with Crippen molar-refractivity contribution in [3.63, 3.8) is 0 Å². The molecule has 4 nitrogen and oxygen atoms in total. The van der Waals surface area contributed by atoms with E-state index in [9.17, 15) is 9.59 Å². The van der Waals surface area contributed by atoms with Crippen molar-refractivity contribution >= 4 is 11.8 Å². The van der Waals surface area contributed by atoms with Crippen LogP contribution in [0.4, 0.5) is 0 Å². The first-order valence-corrected chi connectivity index (χ1v) is 5.19. The van der Waals surface area contributed by atoms with Crippen LogP contribution in [0.1, 0.15) is 18.1 Å². The molecule has 2 rings (SSSR count). The van der Waals surface area contributed by atoms with Gasteiger partial charge in [0.05, 0.1) is 0 Å². The Morgan fingerprint density at radius 3 is 2.35 bits per heavy atom. The van der Waals surface area contributed by atoms with Crippen LogP contribution in [0.2, 0.25) is 0 Å². The molecule has 0 spiro atoms. The quantitative estimate of drug-likeness (QED) is 0.844. The molecule has 17 heavy (non-hydrogen) atoms. The van der Waals surface area contributed by atoms with E-state index in [2.05, 4.69) is 0 Å². The lowest BCUT2D eigenvalue weighted by Crippen LogP contribution is -2.30. The molecule has 0 amide bonds. The second-order valence-corrected chi connectivity index (χ2v) is 4.18. The Kier molecular flexibility index (Phi) is 2.50. The van der Waals surface area contributed by atoms with E-state index in [1.165, 1.54) is 0 Å². The number of hydrogen-bond donors (Lipinski definition) is 1. The minimum absolute atomic E-state index is 0.307. The number of carbonyl (C=O) groups is 2. The number of aryl methyl sites for hydroxylation is 1. The van der Waals surface area contributed by atoms with E-state index in [-0.39, 0.29) is 11.5 Å². The molecule has 1 aromatic rings. The molecule has 1 heterocycles. The fraction of sp³-hybridized carbons (Fsp3) is 0.231. The maximum Gasteiger partial charge on any atom is 0.371 e. The van der Waals surface area contributed by atoms with E-state index in [1.807, 2.05) is 19.1 Å². The van der Waals surface area contributed by atoms with Crippen LogP contribution in [0, 0.1) is 6.92 Å². The number of aliphatic carboxylic acids is 1. The van der Waals surface area contributed by atoms with Gasteiger partial charge < -0.3 is 9.84 Å². The molecule has 1 aliphatic rings. The minimum Gasteiger partial charge on any atom is -0.475 e. The molecule has 0 bridgehead atoms. The van der Waals surface area contributed by atoms with Crippen LogP contribution in [0.5, 0.6) is 0 Å². The standard InChI is InChI=1S/C13H12O4/c1-8-3-5-9(6-4-8)13(2)11(14)7-10(17-13)12(15)16/h3-7H,1-2H3,(H,15,16). The average molecular weight is 232 g/mol. The van der Waals surface area contributed by atoms with Gasteiger partial charge in [-0.3, -0.25) is 4.79 Å². The van der Waals surface area contributed by atoms with E-state index in [1.54, 1.807) is 19.1 Å². The van der Waals surface area contributed by atoms with Crippen molar-refractivity contribution in [1.29, 1.82) is 0 Å². The Morgan fingerprint density at radius 2 is 1.88 bits per heavy atom. The molecule has 1 aromatic carbocycles. The first-order valence-electron chi connectivity index (χ1n) is 5.19. The zero-order valence-corrected chi connectivity index (χ0v) is 9.56. The SMILES string of the molecule is Cc1ccc(C2(C)OC(C(=O)O)=CC2=O)cc1. The number of carboxylic acid groups (broad SMARTS) is 1. The highest BCUT2D eigenvalue weighted by Crippen LogP contribution is 2.34. The highest BCUT2D eigenvalue weighted by Gasteiger charge is 2.43. The summed E-state index contributed by atoms with van der Waals surface area (Å²) in [5.41, 5.74) is 0.497. The summed E-state index contributed by atoms with van der Waals surface area (Å²) in [5.74, 6) is -1.88. The molecular weight excluding hydrogens is 220 g/mol. The molecule has 1 N–H and O–H groups in total. The number of benzene rings is 1. The van der Waals surface area contributed by atoms with Gasteiger partial charge in [0.15, 0.2) is 5.60 Å². The monoisotopic (exact) mass is 232 g/mol. The second-order valence-electron chi connectivity index (χ2n) is 4.18. The van der Waals surface area contributed by atoms with Gasteiger partial charge in [-0.15, -0.1) is 0 Å². The second kappa shape index (κ2) is 3.73. The largest absolute Gasteiger partial charge is 0.475 e. The van der Waals surface area contributed by atoms with Gasteiger partial charge in [-0.05, 0) is 13.8 Å². The van der Waals surface area contributed by atoms with Gasteiger partial charge in [-0.25, -0.2) is 4.79 Å². The molecule has 0 aromatic heterocycles. The summed E-state index contributed by atoms with van der Waals surface area (Å²) in [4.78, 5) is 22.6. The summed E-state index contributed by atoms with van der Waals surface area (Å²) in [7, 11) is 0. The zero-order valence-electron chi connectivity index (χ0n) is 9.56. The molecule has 1 atom stereocenters. The number of carboxylic acids is 1. The Bertz CT molecular complexity index is 513. The smallest absolute Gasteiger partial charge is 0.371 e. The lowest BCUT2D eigenvalue weighted by Gasteiger charge is -2.23. The van der Waals surface area contributed by atoms with E-state index >= 15 is 0 Å². The van der Waals surface area contributed by atoms with Gasteiger partial charge >= 0.3 is 5.97 Å². The van der Waals surface area contributed by atoms with Crippen molar-refractivity contribution < 1.29 is 19.4 Å². The van der Waals surface area contributed by atoms with Gasteiger partial charge in [0.2, 0.25) is 11.5 Å². The van der Waals surface area contributed by atoms with Gasteiger partial charge in [-0.1, -0.05) is 29.8 Å². The number of ketones is 1. The van der Waals surface area contributed by atoms with Crippen molar-refractivity contribution in [3.05, 3.63) is 47.2 Å². The third-order valence-electron chi connectivity index (χ3n) is 2.86. The van der Waals surface area contributed by atoms with Crippen molar-refractivity contribution in [3.8, 4) is 0 Å². The lowest BCUT2D eigenvalue weighted by molar-refractivity contribution is -0.141. The topological polar surface area (TPSA) is 63.6 Å². The van der Waals surface area contributed by atoms with Crippen LogP contribution in [0.25, 0.3) is 0 Å². The van der Waals surface area contributed by atoms with Gasteiger partial charge in [-0.2, -0.15) is 0 Å². The van der Waals surface area contributed by atoms with E-state index in [0.717, 1.165) is 11.6 Å². The number of hydrogen-bond acceptors (Lipinski definition) is 3. The number of ether oxygens (including phenoxy) is 1. The third-order valence-corrected chi connectivity index (χ3v) is 2.86. The summed E-state index contributed by atoms with van der Waals surface area (Å²) < 4.78 is 5.26. The predicted molar refractivity (Wildman–Crippen MR) is 60.3 cm³/mol. The maximum absolute atomic E-state index is 11.8. The van der Waals surface area contributed by atoms with Crippen molar-refractivity contribution in [2.45, 2.75) is 19.4 Å². The highest BCUT2D eigenvalue weighted by atomic mass is 16.5. The Balaban J connectivity index is 2.37. The minimum atomic E-state index is -1.23. The fourth-order valence-electron chi connectivity index (χ4n) is 1.73. The number of carbonyl (C=O) groups excluding carboxylic acids is 1. The van der Waals surface area contributed by atoms with Crippen LogP contribution in [-0.4, -0.2) is 16.9 Å². The summed E-state index contributed by atoms with van der Waals surface area (Å²) in [6.07, 6.45) is 1.03. The molecule has 0 fully saturated rings. The fourth-order valence-corrected chi connectivity index (χ4v) is 1.73. The zero-order chi connectivity index (χ0) is 12.6. The molecule has 1 unspecified atom stereocenters. The van der Waals surface area contributed by atoms with Crippen molar-refractivity contribution in [2.24, 2.45) is 0 Å². The van der Waals surface area contributed by atoms with Gasteiger partial charge in [0.1, 0.15) is 0 Å². The Hall–Kier alpha value is -2.10. The van der Waals surface area contributed by atoms with E-state index in [0.29, 0.717) is 5.56 Å². The van der Waals surface area contributed by atoms with Gasteiger partial charge in [0, 0.05) is 11.6 Å². The highest BCUT2D eigenvalue weighted by molar-refractivity contribution is 6.05. The normalized spacial score (nSPS) is 23.2. The van der Waals surface area contributed by atoms with Gasteiger partial charge in [0.25, 0.3) is 0 Å². The maximum atomic E-state index is 11.8. The Labute approximate surface area is 98.5 Å². The summed E-state index contributed by atoms with van der Waals surface area (Å²) >= 11 is 0. The van der Waals surface area contributed by atoms with Crippen LogP contribution in [0.3, 0.4) is 0 Å². The third kappa shape index (κ3) is 1.82. The molecule has 0 radical (unpaired) electrons. The van der Waals surface area contributed by atoms with Crippen molar-refractivity contribution in [1.82, 2.24) is 0 Å². The summed E-state index contributed by atoms with van der Waals surface area (Å²) in [6, 6.07) is 7.25. The van der Waals surface area contributed by atoms with Crippen molar-refractivity contribution in [2.75, 3.05) is 0 Å². The first kappa shape index (κ1) is 11.4. The molecule has 1 aliphatic heterocycles. The molecule has 0 saturated heterocycles. The lowest BCUT2D eigenvalue weighted by atomic mass is 9.92. The molecule has 88 valence electrons. The van der Waals surface area contributed by atoms with E-state index in [4.69, 9.17) is 9.84 Å². The summed E-state index contributed by atoms with van der Waals surface area (Å²) in [5, 5.41) is 8.81. The van der Waals surface area contributed by atoms with Crippen LogP contribution in [0.15, 0.2) is 36.1 Å². The van der Waals surface area contributed by atoms with Crippen LogP contribution < -0.4 is 0 Å². The first-order chi connectivity index (χ1) is 7.93. The Morgan fingerprint density at radius 1 is 1.29 bits per heavy atom.